The summed E-state index contributed by atoms with van der Waals surface area (Å²) in [4.78, 5) is 35.5. The summed E-state index contributed by atoms with van der Waals surface area (Å²) in [5.41, 5.74) is 6.06. The third-order valence-corrected chi connectivity index (χ3v) is 6.18. The molecule has 0 radical (unpaired) electrons. The molecule has 180 valence electrons. The molecule has 0 heterocycles. The second-order valence-corrected chi connectivity index (χ2v) is 8.59. The third-order valence-electron chi connectivity index (χ3n) is 6.18. The molecule has 0 saturated heterocycles. The van der Waals surface area contributed by atoms with E-state index in [1.807, 2.05) is 24.3 Å². The lowest BCUT2D eigenvalue weighted by molar-refractivity contribution is -0.116. The number of aryl methyl sites for hydroxylation is 1. The van der Waals surface area contributed by atoms with Crippen molar-refractivity contribution in [1.29, 1.82) is 0 Å². The molecule has 3 aromatic rings. The number of carboxylic acids is 1. The van der Waals surface area contributed by atoms with Crippen LogP contribution in [0.2, 0.25) is 0 Å². The highest BCUT2D eigenvalue weighted by Crippen LogP contribution is 2.44. The molecule has 3 N–H and O–H groups in total. The lowest BCUT2D eigenvalue weighted by Crippen LogP contribution is -2.27. The molecule has 35 heavy (non-hydrogen) atoms. The van der Waals surface area contributed by atoms with Crippen molar-refractivity contribution >= 4 is 23.7 Å². The van der Waals surface area contributed by atoms with Crippen LogP contribution < -0.4 is 10.6 Å². The number of anilines is 1. The van der Waals surface area contributed by atoms with E-state index in [0.717, 1.165) is 0 Å². The van der Waals surface area contributed by atoms with Crippen molar-refractivity contribution in [3.8, 4) is 11.1 Å². The van der Waals surface area contributed by atoms with Gasteiger partial charge in [0.1, 0.15) is 6.61 Å². The van der Waals surface area contributed by atoms with E-state index in [1.54, 1.807) is 19.1 Å². The molecular formula is C28H28N2O5. The van der Waals surface area contributed by atoms with Gasteiger partial charge in [-0.1, -0.05) is 48.5 Å². The monoisotopic (exact) mass is 472 g/mol. The van der Waals surface area contributed by atoms with E-state index in [1.165, 1.54) is 28.3 Å². The molecule has 0 spiro atoms. The quantitative estimate of drug-likeness (QED) is 0.365. The highest BCUT2D eigenvalue weighted by molar-refractivity contribution is 5.93. The minimum Gasteiger partial charge on any atom is -0.478 e. The number of alkyl carbamates (subject to hydrolysis) is 1. The Morgan fingerprint density at radius 1 is 0.914 bits per heavy atom. The average molecular weight is 473 g/mol. The molecule has 7 nitrogen and oxygen atoms in total. The van der Waals surface area contributed by atoms with E-state index in [0.29, 0.717) is 37.1 Å². The number of hydrogen-bond acceptors (Lipinski definition) is 4. The number of amides is 2. The zero-order chi connectivity index (χ0) is 24.8. The van der Waals surface area contributed by atoms with E-state index in [-0.39, 0.29) is 24.0 Å². The summed E-state index contributed by atoms with van der Waals surface area (Å²) in [7, 11) is 0. The van der Waals surface area contributed by atoms with Gasteiger partial charge >= 0.3 is 12.1 Å². The van der Waals surface area contributed by atoms with Crippen LogP contribution in [0, 0.1) is 6.92 Å². The number of aromatic carboxylic acids is 1. The smallest absolute Gasteiger partial charge is 0.407 e. The maximum atomic E-state index is 12.2. The van der Waals surface area contributed by atoms with Crippen LogP contribution in [0.4, 0.5) is 10.5 Å². The van der Waals surface area contributed by atoms with Gasteiger partial charge in [-0.15, -0.1) is 0 Å². The summed E-state index contributed by atoms with van der Waals surface area (Å²) >= 11 is 0. The van der Waals surface area contributed by atoms with Crippen molar-refractivity contribution < 1.29 is 24.2 Å². The van der Waals surface area contributed by atoms with E-state index in [9.17, 15) is 14.4 Å². The van der Waals surface area contributed by atoms with Crippen LogP contribution in [0.25, 0.3) is 11.1 Å². The number of unbranched alkanes of at least 4 members (excludes halogenated alkanes) is 1. The fourth-order valence-electron chi connectivity index (χ4n) is 4.46. The summed E-state index contributed by atoms with van der Waals surface area (Å²) in [6.45, 7) is 2.37. The van der Waals surface area contributed by atoms with Crippen molar-refractivity contribution in [1.82, 2.24) is 5.32 Å². The first-order valence-electron chi connectivity index (χ1n) is 11.7. The fourth-order valence-corrected chi connectivity index (χ4v) is 4.46. The number of carbonyl (C=O) groups is 3. The normalized spacial score (nSPS) is 11.9. The third kappa shape index (κ3) is 5.69. The largest absolute Gasteiger partial charge is 0.478 e. The summed E-state index contributed by atoms with van der Waals surface area (Å²) < 4.78 is 5.51. The maximum Gasteiger partial charge on any atom is 0.407 e. The Balaban J connectivity index is 1.17. The molecule has 2 amide bonds. The maximum absolute atomic E-state index is 12.2. The molecule has 0 unspecified atom stereocenters. The molecule has 0 aliphatic heterocycles. The van der Waals surface area contributed by atoms with E-state index in [4.69, 9.17) is 9.84 Å². The second-order valence-electron chi connectivity index (χ2n) is 8.59. The van der Waals surface area contributed by atoms with Crippen LogP contribution in [0.1, 0.15) is 52.2 Å². The van der Waals surface area contributed by atoms with Crippen LogP contribution in [-0.4, -0.2) is 36.2 Å². The van der Waals surface area contributed by atoms with Crippen molar-refractivity contribution in [2.75, 3.05) is 18.5 Å². The average Bonchev–Trinajstić information content (AvgIpc) is 3.16. The summed E-state index contributed by atoms with van der Waals surface area (Å²) in [5.74, 6) is -1.14. The van der Waals surface area contributed by atoms with Gasteiger partial charge in [0.2, 0.25) is 5.91 Å². The first-order chi connectivity index (χ1) is 16.9. The van der Waals surface area contributed by atoms with Crippen molar-refractivity contribution in [2.45, 2.75) is 32.1 Å². The molecule has 0 bridgehead atoms. The molecule has 4 rings (SSSR count). The van der Waals surface area contributed by atoms with Gasteiger partial charge in [0.15, 0.2) is 0 Å². The van der Waals surface area contributed by atoms with E-state index < -0.39 is 12.1 Å². The van der Waals surface area contributed by atoms with Crippen LogP contribution in [-0.2, 0) is 9.53 Å². The molecule has 7 heteroatoms. The number of rotatable bonds is 9. The van der Waals surface area contributed by atoms with Crippen molar-refractivity contribution in [2.24, 2.45) is 0 Å². The van der Waals surface area contributed by atoms with Crippen LogP contribution in [0.3, 0.4) is 0 Å². The lowest BCUT2D eigenvalue weighted by Gasteiger charge is -2.14. The number of hydrogen-bond donors (Lipinski definition) is 3. The number of carbonyl (C=O) groups excluding carboxylic acids is 2. The van der Waals surface area contributed by atoms with Gasteiger partial charge < -0.3 is 20.5 Å². The molecule has 3 aromatic carbocycles. The Kier molecular flexibility index (Phi) is 7.45. The van der Waals surface area contributed by atoms with Gasteiger partial charge in [-0.3, -0.25) is 4.79 Å². The number of fused-ring (bicyclic) bond motifs is 3. The summed E-state index contributed by atoms with van der Waals surface area (Å²) in [6.07, 6.45) is 1.06. The Hall–Kier alpha value is -4.13. The summed E-state index contributed by atoms with van der Waals surface area (Å²) in [5, 5.41) is 14.6. The molecule has 1 aliphatic carbocycles. The SMILES string of the molecule is Cc1cc(NC(=O)CCCCNC(=O)OCC2c3ccccc3-c3ccccc32)ccc1C(=O)O. The predicted molar refractivity (Wildman–Crippen MR) is 134 cm³/mol. The molecule has 0 saturated carbocycles. The van der Waals surface area contributed by atoms with E-state index >= 15 is 0 Å². The predicted octanol–water partition coefficient (Wildman–Crippen LogP) is 5.34. The van der Waals surface area contributed by atoms with Gasteiger partial charge in [-0.05, 0) is 65.8 Å². The number of ether oxygens (including phenoxy) is 1. The highest BCUT2D eigenvalue weighted by atomic mass is 16.5. The molecular weight excluding hydrogens is 444 g/mol. The Morgan fingerprint density at radius 3 is 2.20 bits per heavy atom. The zero-order valence-corrected chi connectivity index (χ0v) is 19.5. The van der Waals surface area contributed by atoms with Crippen LogP contribution >= 0.6 is 0 Å². The molecule has 1 aliphatic rings. The van der Waals surface area contributed by atoms with E-state index in [2.05, 4.69) is 34.9 Å². The minimum absolute atomic E-state index is 0.0186. The van der Waals surface area contributed by atoms with Crippen molar-refractivity contribution in [3.63, 3.8) is 0 Å². The number of nitrogens with one attached hydrogen (secondary N) is 2. The summed E-state index contributed by atoms with van der Waals surface area (Å²) in [6, 6.07) is 21.1. The lowest BCUT2D eigenvalue weighted by atomic mass is 9.98. The first-order valence-corrected chi connectivity index (χ1v) is 11.7. The first kappa shape index (κ1) is 24.0. The highest BCUT2D eigenvalue weighted by Gasteiger charge is 2.28. The Bertz CT molecular complexity index is 1210. The molecule has 0 fully saturated rings. The number of carboxylic acid groups (broad SMARTS) is 1. The van der Waals surface area contributed by atoms with Gasteiger partial charge in [0, 0.05) is 24.6 Å². The van der Waals surface area contributed by atoms with Crippen LogP contribution in [0.5, 0.6) is 0 Å². The van der Waals surface area contributed by atoms with Crippen LogP contribution in [0.15, 0.2) is 66.7 Å². The van der Waals surface area contributed by atoms with Crippen molar-refractivity contribution in [3.05, 3.63) is 89.0 Å². The minimum atomic E-state index is -0.996. The number of benzene rings is 3. The van der Waals surface area contributed by atoms with Gasteiger partial charge in [-0.2, -0.15) is 0 Å². The topological polar surface area (TPSA) is 105 Å². The van der Waals surface area contributed by atoms with Gasteiger partial charge in [0.05, 0.1) is 5.56 Å². The fraction of sp³-hybridized carbons (Fsp3) is 0.250. The Morgan fingerprint density at radius 2 is 1.57 bits per heavy atom. The standard InChI is InChI=1S/C28H28N2O5/c1-18-16-19(13-14-20(18)27(32)33)30-26(31)12-6-7-15-29-28(34)35-17-25-23-10-4-2-8-21(23)22-9-3-5-11-24(22)25/h2-5,8-11,13-14,16,25H,6-7,12,15,17H2,1H3,(H,29,34)(H,30,31)(H,32,33). The van der Waals surface area contributed by atoms with Gasteiger partial charge in [0.25, 0.3) is 0 Å². The second kappa shape index (κ2) is 10.9. The Labute approximate surface area is 204 Å². The van der Waals surface area contributed by atoms with Gasteiger partial charge in [-0.25, -0.2) is 9.59 Å². The molecule has 0 atom stereocenters. The zero-order valence-electron chi connectivity index (χ0n) is 19.5. The molecule has 0 aromatic heterocycles.